The van der Waals surface area contributed by atoms with Crippen LogP contribution in [-0.2, 0) is 9.59 Å². The molecule has 1 aliphatic rings. The number of aliphatic hydroxyl groups is 1. The molecule has 7 nitrogen and oxygen atoms in total. The highest BCUT2D eigenvalue weighted by molar-refractivity contribution is 5.94. The third-order valence-electron chi connectivity index (χ3n) is 6.56. The van der Waals surface area contributed by atoms with Crippen LogP contribution in [0.5, 0.6) is 0 Å². The Morgan fingerprint density at radius 1 is 0.806 bits per heavy atom. The number of hydrogen-bond donors (Lipinski definition) is 2. The van der Waals surface area contributed by atoms with Crippen molar-refractivity contribution in [2.75, 3.05) is 37.7 Å². The van der Waals surface area contributed by atoms with E-state index in [4.69, 9.17) is 0 Å². The summed E-state index contributed by atoms with van der Waals surface area (Å²) in [7, 11) is 0. The molecule has 0 unspecified atom stereocenters. The number of aliphatic hydroxyl groups excluding tert-OH is 1. The van der Waals surface area contributed by atoms with E-state index in [1.54, 1.807) is 4.90 Å². The second-order valence-corrected chi connectivity index (χ2v) is 8.91. The molecule has 1 atom stereocenters. The van der Waals surface area contributed by atoms with Gasteiger partial charge in [0.2, 0.25) is 11.8 Å². The van der Waals surface area contributed by atoms with Crippen LogP contribution in [0.25, 0.3) is 0 Å². The van der Waals surface area contributed by atoms with Crippen LogP contribution in [-0.4, -0.2) is 66.4 Å². The monoisotopic (exact) mass is 485 g/mol. The molecular formula is C29H31N3O4. The van der Waals surface area contributed by atoms with Crippen molar-refractivity contribution < 1.29 is 19.5 Å². The molecule has 7 heteroatoms. The van der Waals surface area contributed by atoms with Crippen LogP contribution in [0, 0.1) is 0 Å². The predicted octanol–water partition coefficient (Wildman–Crippen LogP) is 2.85. The van der Waals surface area contributed by atoms with Gasteiger partial charge in [0.05, 0.1) is 12.5 Å². The Bertz CT molecular complexity index is 1130. The minimum Gasteiger partial charge on any atom is -0.394 e. The van der Waals surface area contributed by atoms with Crippen LogP contribution >= 0.6 is 0 Å². The Morgan fingerprint density at radius 3 is 1.81 bits per heavy atom. The van der Waals surface area contributed by atoms with E-state index in [9.17, 15) is 19.5 Å². The Balaban J connectivity index is 1.41. The summed E-state index contributed by atoms with van der Waals surface area (Å²) in [6, 6.07) is 25.2. The van der Waals surface area contributed by atoms with Crippen molar-refractivity contribution in [1.82, 2.24) is 10.2 Å². The first kappa shape index (κ1) is 25.1. The molecule has 0 radical (unpaired) electrons. The summed E-state index contributed by atoms with van der Waals surface area (Å²) < 4.78 is 0. The fourth-order valence-electron chi connectivity index (χ4n) is 4.54. The lowest BCUT2D eigenvalue weighted by Crippen LogP contribution is -2.56. The molecule has 3 aromatic carbocycles. The second kappa shape index (κ2) is 11.6. The first-order valence-electron chi connectivity index (χ1n) is 12.1. The Morgan fingerprint density at radius 2 is 1.33 bits per heavy atom. The highest BCUT2D eigenvalue weighted by Crippen LogP contribution is 2.25. The smallest absolute Gasteiger partial charge is 0.247 e. The minimum atomic E-state index is -1.02. The molecule has 0 spiro atoms. The summed E-state index contributed by atoms with van der Waals surface area (Å²) in [6.45, 7) is 3.24. The summed E-state index contributed by atoms with van der Waals surface area (Å²) in [5.41, 5.74) is 3.29. The van der Waals surface area contributed by atoms with Gasteiger partial charge >= 0.3 is 0 Å². The standard InChI is InChI=1S/C29H31N3O4/c1-21(34)22-12-14-25(15-13-22)31-16-18-32(19-17-31)29(36)26(20-33)30-28(35)27(23-8-4-2-5-9-23)24-10-6-3-7-11-24/h2-15,26-27,33H,16-20H2,1H3,(H,30,35)/t26-/m0/s1. The van der Waals surface area contributed by atoms with Crippen molar-refractivity contribution in [3.05, 3.63) is 102 Å². The number of piperazine rings is 1. The molecule has 0 aliphatic carbocycles. The topological polar surface area (TPSA) is 90.0 Å². The third-order valence-corrected chi connectivity index (χ3v) is 6.56. The van der Waals surface area contributed by atoms with Crippen LogP contribution < -0.4 is 10.2 Å². The molecule has 2 N–H and O–H groups in total. The highest BCUT2D eigenvalue weighted by atomic mass is 16.3. The molecule has 3 aromatic rings. The Labute approximate surface area is 211 Å². The molecule has 1 aliphatic heterocycles. The Hall–Kier alpha value is -3.97. The average molecular weight is 486 g/mol. The van der Waals surface area contributed by atoms with E-state index in [1.807, 2.05) is 84.9 Å². The summed E-state index contributed by atoms with van der Waals surface area (Å²) in [5.74, 6) is -1.19. The van der Waals surface area contributed by atoms with E-state index >= 15 is 0 Å². The van der Waals surface area contributed by atoms with Gasteiger partial charge in [-0.05, 0) is 42.3 Å². The van der Waals surface area contributed by atoms with Crippen LogP contribution in [0.4, 0.5) is 5.69 Å². The van der Waals surface area contributed by atoms with Crippen LogP contribution in [0.1, 0.15) is 34.3 Å². The zero-order valence-electron chi connectivity index (χ0n) is 20.3. The molecule has 36 heavy (non-hydrogen) atoms. The van der Waals surface area contributed by atoms with Crippen LogP contribution in [0.3, 0.4) is 0 Å². The number of rotatable bonds is 8. The lowest BCUT2D eigenvalue weighted by molar-refractivity contribution is -0.138. The van der Waals surface area contributed by atoms with Crippen LogP contribution in [0.2, 0.25) is 0 Å². The summed E-state index contributed by atoms with van der Waals surface area (Å²) in [5, 5.41) is 12.8. The van der Waals surface area contributed by atoms with E-state index in [1.165, 1.54) is 6.92 Å². The first-order valence-corrected chi connectivity index (χ1v) is 12.1. The van der Waals surface area contributed by atoms with E-state index in [0.29, 0.717) is 31.7 Å². The number of amides is 2. The van der Waals surface area contributed by atoms with E-state index in [-0.39, 0.29) is 17.6 Å². The number of carbonyl (C=O) groups excluding carboxylic acids is 3. The van der Waals surface area contributed by atoms with Gasteiger partial charge in [0.15, 0.2) is 5.78 Å². The zero-order valence-corrected chi connectivity index (χ0v) is 20.3. The summed E-state index contributed by atoms with van der Waals surface area (Å²) in [4.78, 5) is 42.0. The average Bonchev–Trinajstić information content (AvgIpc) is 2.93. The molecule has 0 saturated carbocycles. The van der Waals surface area contributed by atoms with Gasteiger partial charge in [-0.2, -0.15) is 0 Å². The predicted molar refractivity (Wildman–Crippen MR) is 139 cm³/mol. The Kier molecular flexibility index (Phi) is 8.13. The van der Waals surface area contributed by atoms with Gasteiger partial charge in [-0.15, -0.1) is 0 Å². The van der Waals surface area contributed by atoms with E-state index in [0.717, 1.165) is 16.8 Å². The SMILES string of the molecule is CC(=O)c1ccc(N2CCN(C(=O)[C@H](CO)NC(=O)C(c3ccccc3)c3ccccc3)CC2)cc1. The molecular weight excluding hydrogens is 454 g/mol. The van der Waals surface area contributed by atoms with Crippen molar-refractivity contribution in [1.29, 1.82) is 0 Å². The fraction of sp³-hybridized carbons (Fsp3) is 0.276. The maximum atomic E-state index is 13.4. The molecule has 1 saturated heterocycles. The number of ketones is 1. The fourth-order valence-corrected chi connectivity index (χ4v) is 4.54. The van der Waals surface area contributed by atoms with Crippen molar-refractivity contribution in [2.24, 2.45) is 0 Å². The van der Waals surface area contributed by atoms with Crippen LogP contribution in [0.15, 0.2) is 84.9 Å². The lowest BCUT2D eigenvalue weighted by Gasteiger charge is -2.37. The molecule has 0 aromatic heterocycles. The number of carbonyl (C=O) groups is 3. The summed E-state index contributed by atoms with van der Waals surface area (Å²) in [6.07, 6.45) is 0. The normalized spacial score (nSPS) is 14.4. The maximum Gasteiger partial charge on any atom is 0.247 e. The molecule has 4 rings (SSSR count). The number of Topliss-reactive ketones (excluding diaryl/α,β-unsaturated/α-hetero) is 1. The van der Waals surface area contributed by atoms with Crippen molar-refractivity contribution >= 4 is 23.3 Å². The molecule has 0 bridgehead atoms. The number of hydrogen-bond acceptors (Lipinski definition) is 5. The van der Waals surface area contributed by atoms with Gasteiger partial charge < -0.3 is 20.2 Å². The van der Waals surface area contributed by atoms with Gasteiger partial charge in [0.25, 0.3) is 0 Å². The minimum absolute atomic E-state index is 0.0239. The summed E-state index contributed by atoms with van der Waals surface area (Å²) >= 11 is 0. The van der Waals surface area contributed by atoms with Gasteiger partial charge in [0, 0.05) is 37.4 Å². The van der Waals surface area contributed by atoms with Gasteiger partial charge in [0.1, 0.15) is 6.04 Å². The first-order chi connectivity index (χ1) is 17.5. The zero-order chi connectivity index (χ0) is 25.5. The van der Waals surface area contributed by atoms with Crippen molar-refractivity contribution in [3.63, 3.8) is 0 Å². The molecule has 1 fully saturated rings. The van der Waals surface area contributed by atoms with Gasteiger partial charge in [-0.25, -0.2) is 0 Å². The highest BCUT2D eigenvalue weighted by Gasteiger charge is 2.31. The number of anilines is 1. The molecule has 186 valence electrons. The molecule has 2 amide bonds. The molecule has 1 heterocycles. The van der Waals surface area contributed by atoms with Crippen molar-refractivity contribution in [2.45, 2.75) is 18.9 Å². The van der Waals surface area contributed by atoms with Crippen molar-refractivity contribution in [3.8, 4) is 0 Å². The van der Waals surface area contributed by atoms with E-state index < -0.39 is 18.6 Å². The number of nitrogens with zero attached hydrogens (tertiary/aromatic N) is 2. The number of nitrogens with one attached hydrogen (secondary N) is 1. The van der Waals surface area contributed by atoms with E-state index in [2.05, 4.69) is 10.2 Å². The van der Waals surface area contributed by atoms with Gasteiger partial charge in [-0.3, -0.25) is 14.4 Å². The second-order valence-electron chi connectivity index (χ2n) is 8.91. The maximum absolute atomic E-state index is 13.4. The lowest BCUT2D eigenvalue weighted by atomic mass is 9.90. The number of benzene rings is 3. The largest absolute Gasteiger partial charge is 0.394 e. The third kappa shape index (κ3) is 5.80. The van der Waals surface area contributed by atoms with Gasteiger partial charge in [-0.1, -0.05) is 60.7 Å². The quantitative estimate of drug-likeness (QED) is 0.479.